The van der Waals surface area contributed by atoms with Crippen molar-refractivity contribution in [3.8, 4) is 17.2 Å². The van der Waals surface area contributed by atoms with E-state index in [1.54, 1.807) is 12.1 Å². The zero-order chi connectivity index (χ0) is 24.6. The molecule has 2 heterocycles. The number of ether oxygens (including phenoxy) is 3. The van der Waals surface area contributed by atoms with E-state index >= 15 is 0 Å². The van der Waals surface area contributed by atoms with E-state index in [9.17, 15) is 13.2 Å². The number of rotatable bonds is 6. The molecule has 1 spiro atoms. The molecule has 8 heteroatoms. The van der Waals surface area contributed by atoms with Crippen molar-refractivity contribution in [2.75, 3.05) is 32.6 Å². The lowest BCUT2D eigenvalue weighted by Crippen LogP contribution is -2.48. The SMILES string of the molecule is CC1c2cc3c(cc2C2(CCCC2)CN1C(=O)CCCOc1ccc(S(C)(=O)=O)cc1)OCCO3. The van der Waals surface area contributed by atoms with Gasteiger partial charge in [0.2, 0.25) is 5.91 Å². The van der Waals surface area contributed by atoms with Crippen molar-refractivity contribution >= 4 is 15.7 Å². The summed E-state index contributed by atoms with van der Waals surface area (Å²) in [5, 5.41) is 0. The van der Waals surface area contributed by atoms with Gasteiger partial charge in [0.15, 0.2) is 21.3 Å². The van der Waals surface area contributed by atoms with Crippen LogP contribution in [-0.2, 0) is 20.0 Å². The molecular formula is C27H33NO6S. The largest absolute Gasteiger partial charge is 0.494 e. The highest BCUT2D eigenvalue weighted by atomic mass is 32.2. The Morgan fingerprint density at radius 2 is 1.74 bits per heavy atom. The van der Waals surface area contributed by atoms with E-state index in [-0.39, 0.29) is 22.3 Å². The van der Waals surface area contributed by atoms with Gasteiger partial charge >= 0.3 is 0 Å². The zero-order valence-corrected chi connectivity index (χ0v) is 21.2. The molecule has 0 radical (unpaired) electrons. The molecular weight excluding hydrogens is 466 g/mol. The molecule has 1 saturated carbocycles. The molecule has 5 rings (SSSR count). The molecule has 2 aliphatic heterocycles. The van der Waals surface area contributed by atoms with Gasteiger partial charge in [0.25, 0.3) is 0 Å². The van der Waals surface area contributed by atoms with Crippen molar-refractivity contribution in [2.45, 2.75) is 61.8 Å². The van der Waals surface area contributed by atoms with Gasteiger partial charge < -0.3 is 19.1 Å². The number of nitrogens with zero attached hydrogens (tertiary/aromatic N) is 1. The molecule has 188 valence electrons. The summed E-state index contributed by atoms with van der Waals surface area (Å²) < 4.78 is 40.7. The third-order valence-electron chi connectivity index (χ3n) is 7.61. The Balaban J connectivity index is 1.25. The third kappa shape index (κ3) is 4.73. The van der Waals surface area contributed by atoms with E-state index in [2.05, 4.69) is 19.1 Å². The van der Waals surface area contributed by atoms with E-state index < -0.39 is 9.84 Å². The highest BCUT2D eigenvalue weighted by molar-refractivity contribution is 7.90. The van der Waals surface area contributed by atoms with E-state index in [0.717, 1.165) is 30.9 Å². The Labute approximate surface area is 207 Å². The molecule has 0 saturated heterocycles. The monoisotopic (exact) mass is 499 g/mol. The van der Waals surface area contributed by atoms with Crippen molar-refractivity contribution in [1.82, 2.24) is 4.90 Å². The van der Waals surface area contributed by atoms with Crippen molar-refractivity contribution in [3.63, 3.8) is 0 Å². The standard InChI is InChI=1S/C27H33NO6S/c1-19-22-16-24-25(34-15-14-33-24)17-23(22)27(11-3-4-12-27)18-28(19)26(29)6-5-13-32-20-7-9-21(10-8-20)35(2,30)31/h7-10,16-17,19H,3-6,11-15,18H2,1-2H3. The topological polar surface area (TPSA) is 82.1 Å². The van der Waals surface area contributed by atoms with Gasteiger partial charge in [0, 0.05) is 24.6 Å². The maximum Gasteiger partial charge on any atom is 0.223 e. The van der Waals surface area contributed by atoms with Crippen LogP contribution in [0.5, 0.6) is 17.2 Å². The molecule has 1 aliphatic carbocycles. The van der Waals surface area contributed by atoms with Crippen LogP contribution < -0.4 is 14.2 Å². The second-order valence-electron chi connectivity index (χ2n) is 9.96. The summed E-state index contributed by atoms with van der Waals surface area (Å²) in [5.41, 5.74) is 2.50. The maximum atomic E-state index is 13.4. The van der Waals surface area contributed by atoms with Crippen LogP contribution in [0.1, 0.15) is 62.6 Å². The van der Waals surface area contributed by atoms with Gasteiger partial charge in [-0.25, -0.2) is 8.42 Å². The molecule has 3 aliphatic rings. The van der Waals surface area contributed by atoms with E-state index in [1.807, 2.05) is 4.90 Å². The maximum absolute atomic E-state index is 13.4. The van der Waals surface area contributed by atoms with Crippen molar-refractivity contribution in [2.24, 2.45) is 0 Å². The Kier molecular flexibility index (Phi) is 6.42. The second kappa shape index (κ2) is 9.37. The number of carbonyl (C=O) groups excluding carboxylic acids is 1. The van der Waals surface area contributed by atoms with Gasteiger partial charge in [-0.05, 0) is 73.7 Å². The van der Waals surface area contributed by atoms with Gasteiger partial charge in [-0.2, -0.15) is 0 Å². The minimum atomic E-state index is -3.23. The number of sulfone groups is 1. The predicted molar refractivity (Wildman–Crippen MR) is 132 cm³/mol. The van der Waals surface area contributed by atoms with Crippen molar-refractivity contribution in [3.05, 3.63) is 47.5 Å². The summed E-state index contributed by atoms with van der Waals surface area (Å²) >= 11 is 0. The fourth-order valence-electron chi connectivity index (χ4n) is 5.75. The first-order chi connectivity index (χ1) is 16.8. The van der Waals surface area contributed by atoms with Gasteiger partial charge in [0.05, 0.1) is 17.5 Å². The van der Waals surface area contributed by atoms with Crippen LogP contribution in [0.4, 0.5) is 0 Å². The highest BCUT2D eigenvalue weighted by Gasteiger charge is 2.46. The predicted octanol–water partition coefficient (Wildman–Crippen LogP) is 4.44. The number of fused-ring (bicyclic) bond motifs is 3. The lowest BCUT2D eigenvalue weighted by Gasteiger charge is -2.46. The molecule has 0 bridgehead atoms. The van der Waals surface area contributed by atoms with Crippen molar-refractivity contribution in [1.29, 1.82) is 0 Å². The second-order valence-corrected chi connectivity index (χ2v) is 12.0. The Hall–Kier alpha value is -2.74. The molecule has 1 unspecified atom stereocenters. The van der Waals surface area contributed by atoms with Crippen LogP contribution in [0.15, 0.2) is 41.3 Å². The molecule has 1 atom stereocenters. The minimum Gasteiger partial charge on any atom is -0.494 e. The number of amides is 1. The Bertz CT molecular complexity index is 1200. The van der Waals surface area contributed by atoms with Crippen LogP contribution in [0.25, 0.3) is 0 Å². The number of carbonyl (C=O) groups is 1. The molecule has 2 aromatic carbocycles. The summed E-state index contributed by atoms with van der Waals surface area (Å²) in [4.78, 5) is 15.7. The van der Waals surface area contributed by atoms with E-state index in [0.29, 0.717) is 38.4 Å². The normalized spacial score (nSPS) is 20.5. The lowest BCUT2D eigenvalue weighted by atomic mass is 9.71. The van der Waals surface area contributed by atoms with E-state index in [4.69, 9.17) is 14.2 Å². The average Bonchev–Trinajstić information content (AvgIpc) is 3.32. The first kappa shape index (κ1) is 24.0. The highest BCUT2D eigenvalue weighted by Crippen LogP contribution is 2.52. The van der Waals surface area contributed by atoms with Crippen LogP contribution in [0.2, 0.25) is 0 Å². The number of hydrogen-bond acceptors (Lipinski definition) is 6. The number of hydrogen-bond donors (Lipinski definition) is 0. The summed E-state index contributed by atoms with van der Waals surface area (Å²) in [6.07, 6.45) is 6.70. The molecule has 0 N–H and O–H groups in total. The molecule has 35 heavy (non-hydrogen) atoms. The van der Waals surface area contributed by atoms with Gasteiger partial charge in [-0.1, -0.05) is 12.8 Å². The third-order valence-corrected chi connectivity index (χ3v) is 8.74. The van der Waals surface area contributed by atoms with Crippen molar-refractivity contribution < 1.29 is 27.4 Å². The fourth-order valence-corrected chi connectivity index (χ4v) is 6.38. The quantitative estimate of drug-likeness (QED) is 0.547. The van der Waals surface area contributed by atoms with Crippen LogP contribution in [-0.4, -0.2) is 51.8 Å². The molecule has 1 amide bonds. The average molecular weight is 500 g/mol. The summed E-state index contributed by atoms with van der Waals surface area (Å²) in [6.45, 7) is 4.36. The van der Waals surface area contributed by atoms with Gasteiger partial charge in [0.1, 0.15) is 19.0 Å². The van der Waals surface area contributed by atoms with Gasteiger partial charge in [-0.15, -0.1) is 0 Å². The van der Waals surface area contributed by atoms with Crippen LogP contribution in [0.3, 0.4) is 0 Å². The van der Waals surface area contributed by atoms with E-state index in [1.165, 1.54) is 42.4 Å². The minimum absolute atomic E-state index is 0.00873. The first-order valence-corrected chi connectivity index (χ1v) is 14.3. The molecule has 2 aromatic rings. The Morgan fingerprint density at radius 3 is 2.40 bits per heavy atom. The molecule has 7 nitrogen and oxygen atoms in total. The van der Waals surface area contributed by atoms with Crippen LogP contribution >= 0.6 is 0 Å². The smallest absolute Gasteiger partial charge is 0.223 e. The first-order valence-electron chi connectivity index (χ1n) is 12.4. The molecule has 0 aromatic heterocycles. The Morgan fingerprint density at radius 1 is 1.09 bits per heavy atom. The lowest BCUT2D eigenvalue weighted by molar-refractivity contribution is -0.135. The summed E-state index contributed by atoms with van der Waals surface area (Å²) in [7, 11) is -3.23. The summed E-state index contributed by atoms with van der Waals surface area (Å²) in [6, 6.07) is 10.6. The number of benzene rings is 2. The molecule has 1 fully saturated rings. The fraction of sp³-hybridized carbons (Fsp3) is 0.519. The zero-order valence-electron chi connectivity index (χ0n) is 20.4. The summed E-state index contributed by atoms with van der Waals surface area (Å²) in [5.74, 6) is 2.34. The van der Waals surface area contributed by atoms with Gasteiger partial charge in [-0.3, -0.25) is 4.79 Å². The van der Waals surface area contributed by atoms with Crippen LogP contribution in [0, 0.1) is 0 Å².